The van der Waals surface area contributed by atoms with E-state index >= 15 is 0 Å². The van der Waals surface area contributed by atoms with Gasteiger partial charge in [0.15, 0.2) is 6.73 Å². The van der Waals surface area contributed by atoms with E-state index in [1.807, 2.05) is 0 Å². The van der Waals surface area contributed by atoms with E-state index in [1.54, 1.807) is 27.7 Å². The topological polar surface area (TPSA) is 66.5 Å². The molecule has 7 nitrogen and oxygen atoms in total. The summed E-state index contributed by atoms with van der Waals surface area (Å²) in [4.78, 5) is 10.2. The average Bonchev–Trinajstić information content (AvgIpc) is 2.27. The smallest absolute Gasteiger partial charge is 0.287 e. The molecular formula is C9H22NO6P. The molecule has 17 heavy (non-hydrogen) atoms. The molecule has 0 aliphatic rings. The Bertz CT molecular complexity index is 212. The van der Waals surface area contributed by atoms with Gasteiger partial charge in [-0.25, -0.2) is 4.57 Å². The summed E-state index contributed by atoms with van der Waals surface area (Å²) in [6.45, 7) is 8.16. The van der Waals surface area contributed by atoms with Gasteiger partial charge in [-0.05, 0) is 32.9 Å². The Balaban J connectivity index is 4.20. The monoisotopic (exact) mass is 271 g/mol. The van der Waals surface area contributed by atoms with Gasteiger partial charge in [0.1, 0.15) is 0 Å². The second-order valence-electron chi connectivity index (χ2n) is 2.71. The van der Waals surface area contributed by atoms with Gasteiger partial charge in [0.05, 0.1) is 26.4 Å². The minimum absolute atomic E-state index is 0.154. The predicted molar refractivity (Wildman–Crippen MR) is 61.9 cm³/mol. The fourth-order valence-corrected chi connectivity index (χ4v) is 2.04. The molecular weight excluding hydrogens is 249 g/mol. The van der Waals surface area contributed by atoms with Crippen molar-refractivity contribution in [2.24, 2.45) is 0 Å². The van der Waals surface area contributed by atoms with Crippen molar-refractivity contribution in [1.29, 1.82) is 0 Å². The number of hydrogen-bond donors (Lipinski definition) is 0. The van der Waals surface area contributed by atoms with Crippen LogP contribution in [0.25, 0.3) is 0 Å². The van der Waals surface area contributed by atoms with Crippen LogP contribution in [-0.2, 0) is 27.8 Å². The summed E-state index contributed by atoms with van der Waals surface area (Å²) >= 11 is 0. The first-order valence-corrected chi connectivity index (χ1v) is 7.14. The molecule has 104 valence electrons. The number of rotatable bonds is 11. The quantitative estimate of drug-likeness (QED) is 0.324. The van der Waals surface area contributed by atoms with Crippen molar-refractivity contribution in [2.45, 2.75) is 27.7 Å². The fraction of sp³-hybridized carbons (Fsp3) is 1.00. The Morgan fingerprint density at radius 3 is 1.65 bits per heavy atom. The highest BCUT2D eigenvalue weighted by Gasteiger charge is 2.26. The molecule has 0 aromatic rings. The Labute approximate surface area is 102 Å². The van der Waals surface area contributed by atoms with Crippen LogP contribution in [-0.4, -0.2) is 38.4 Å². The van der Waals surface area contributed by atoms with E-state index in [9.17, 15) is 4.57 Å². The summed E-state index contributed by atoms with van der Waals surface area (Å²) in [6, 6.07) is 0. The maximum Gasteiger partial charge on any atom is 0.476 e. The molecule has 0 aromatic heterocycles. The summed E-state index contributed by atoms with van der Waals surface area (Å²) in [7, 11) is -3.52. The molecule has 0 bridgehead atoms. The van der Waals surface area contributed by atoms with Crippen molar-refractivity contribution in [3.63, 3.8) is 0 Å². The molecule has 8 heteroatoms. The number of hydroxylamine groups is 2. The molecule has 0 atom stereocenters. The van der Waals surface area contributed by atoms with Crippen LogP contribution < -0.4 is 0 Å². The van der Waals surface area contributed by atoms with E-state index in [-0.39, 0.29) is 19.9 Å². The summed E-state index contributed by atoms with van der Waals surface area (Å²) in [5, 5.41) is 1.10. The largest absolute Gasteiger partial charge is 0.476 e. The van der Waals surface area contributed by atoms with Gasteiger partial charge in [0.25, 0.3) is 0 Å². The molecule has 0 N–H and O–H groups in total. The molecule has 0 unspecified atom stereocenters. The van der Waals surface area contributed by atoms with Crippen LogP contribution in [0.1, 0.15) is 27.7 Å². The minimum Gasteiger partial charge on any atom is -0.287 e. The molecule has 0 aromatic carbocycles. The molecule has 0 heterocycles. The average molecular weight is 271 g/mol. The molecule has 0 spiro atoms. The molecule has 0 amide bonds. The molecule has 0 saturated heterocycles. The first-order chi connectivity index (χ1) is 8.11. The van der Waals surface area contributed by atoms with Gasteiger partial charge in [0.2, 0.25) is 0 Å². The van der Waals surface area contributed by atoms with Crippen molar-refractivity contribution in [2.75, 3.05) is 33.2 Å². The highest BCUT2D eigenvalue weighted by Crippen LogP contribution is 2.49. The number of phosphoric acid groups is 1. The fourth-order valence-electron chi connectivity index (χ4n) is 0.946. The zero-order valence-electron chi connectivity index (χ0n) is 10.9. The van der Waals surface area contributed by atoms with Crippen LogP contribution >= 0.6 is 7.82 Å². The first-order valence-electron chi connectivity index (χ1n) is 5.68. The predicted octanol–water partition coefficient (Wildman–Crippen LogP) is 2.35. The second-order valence-corrected chi connectivity index (χ2v) is 4.38. The molecule has 0 aliphatic carbocycles. The maximum atomic E-state index is 11.9. The normalized spacial score (nSPS) is 12.3. The van der Waals surface area contributed by atoms with E-state index in [0.717, 1.165) is 5.23 Å². The van der Waals surface area contributed by atoms with Crippen LogP contribution in [0.3, 0.4) is 0 Å². The van der Waals surface area contributed by atoms with E-state index in [4.69, 9.17) is 23.2 Å². The second kappa shape index (κ2) is 9.96. The highest BCUT2D eigenvalue weighted by atomic mass is 31.2. The summed E-state index contributed by atoms with van der Waals surface area (Å²) in [6.07, 6.45) is 0. The first kappa shape index (κ1) is 17.0. The Morgan fingerprint density at radius 1 is 0.824 bits per heavy atom. The van der Waals surface area contributed by atoms with E-state index in [1.165, 1.54) is 0 Å². The van der Waals surface area contributed by atoms with Gasteiger partial charge in [-0.15, -0.1) is 0 Å². The lowest BCUT2D eigenvalue weighted by molar-refractivity contribution is -0.384. The zero-order valence-corrected chi connectivity index (χ0v) is 11.8. The molecule has 0 aliphatic heterocycles. The lowest BCUT2D eigenvalue weighted by Crippen LogP contribution is -2.27. The van der Waals surface area contributed by atoms with Crippen LogP contribution in [0.2, 0.25) is 0 Å². The van der Waals surface area contributed by atoms with Gasteiger partial charge in [-0.1, -0.05) is 0 Å². The third-order valence-corrected chi connectivity index (χ3v) is 3.02. The van der Waals surface area contributed by atoms with Crippen molar-refractivity contribution in [3.8, 4) is 0 Å². The summed E-state index contributed by atoms with van der Waals surface area (Å²) in [5.74, 6) is 0. The van der Waals surface area contributed by atoms with Crippen LogP contribution in [0, 0.1) is 0 Å². The molecule has 0 fully saturated rings. The third kappa shape index (κ3) is 7.83. The number of phosphoric ester groups is 1. The number of hydrogen-bond acceptors (Lipinski definition) is 7. The zero-order chi connectivity index (χ0) is 13.1. The minimum atomic E-state index is -3.52. The highest BCUT2D eigenvalue weighted by molar-refractivity contribution is 7.48. The molecule has 0 rings (SSSR count). The van der Waals surface area contributed by atoms with Crippen LogP contribution in [0.5, 0.6) is 0 Å². The molecule has 0 saturated carbocycles. The van der Waals surface area contributed by atoms with Crippen molar-refractivity contribution >= 4 is 7.82 Å². The van der Waals surface area contributed by atoms with Crippen LogP contribution in [0.15, 0.2) is 0 Å². The molecule has 0 radical (unpaired) electrons. The van der Waals surface area contributed by atoms with Gasteiger partial charge in [0, 0.05) is 0 Å². The van der Waals surface area contributed by atoms with Crippen molar-refractivity contribution in [1.82, 2.24) is 5.23 Å². The lowest BCUT2D eigenvalue weighted by Gasteiger charge is -2.22. The Kier molecular flexibility index (Phi) is 9.96. The van der Waals surface area contributed by atoms with Gasteiger partial charge >= 0.3 is 7.82 Å². The lowest BCUT2D eigenvalue weighted by atomic mass is 10.9. The standard InChI is InChI=1S/C9H22NO6P/c1-5-12-10(13-6-2)9-16-17(11,14-7-3)15-8-4/h5-9H2,1-4H3. The van der Waals surface area contributed by atoms with E-state index in [2.05, 4.69) is 0 Å². The SMILES string of the molecule is CCON(COP(=O)(OCC)OCC)OCC. The Hall–Kier alpha value is -0.0100. The van der Waals surface area contributed by atoms with Gasteiger partial charge < -0.3 is 0 Å². The number of nitrogens with zero attached hydrogens (tertiary/aromatic N) is 1. The van der Waals surface area contributed by atoms with Crippen molar-refractivity contribution in [3.05, 3.63) is 0 Å². The van der Waals surface area contributed by atoms with E-state index in [0.29, 0.717) is 13.2 Å². The van der Waals surface area contributed by atoms with E-state index < -0.39 is 7.82 Å². The van der Waals surface area contributed by atoms with Crippen LogP contribution in [0.4, 0.5) is 0 Å². The summed E-state index contributed by atoms with van der Waals surface area (Å²) in [5.41, 5.74) is 0. The van der Waals surface area contributed by atoms with Crippen molar-refractivity contribution < 1.29 is 27.8 Å². The Morgan fingerprint density at radius 2 is 1.29 bits per heavy atom. The third-order valence-electron chi connectivity index (χ3n) is 1.44. The van der Waals surface area contributed by atoms with Gasteiger partial charge in [-0.2, -0.15) is 0 Å². The summed E-state index contributed by atoms with van der Waals surface area (Å²) < 4.78 is 26.9. The van der Waals surface area contributed by atoms with Gasteiger partial charge in [-0.3, -0.25) is 23.2 Å². The maximum absolute atomic E-state index is 11.9.